The molecule has 23 heavy (non-hydrogen) atoms. The minimum Gasteiger partial charge on any atom is -0.466 e. The average Bonchev–Trinajstić information content (AvgIpc) is 2.51. The lowest BCUT2D eigenvalue weighted by molar-refractivity contribution is -0.143. The van der Waals surface area contributed by atoms with Crippen molar-refractivity contribution in [2.75, 3.05) is 6.61 Å². The van der Waals surface area contributed by atoms with E-state index < -0.39 is 0 Å². The van der Waals surface area contributed by atoms with Crippen LogP contribution in [-0.2, 0) is 14.3 Å². The van der Waals surface area contributed by atoms with Crippen molar-refractivity contribution in [3.63, 3.8) is 0 Å². The maximum absolute atomic E-state index is 12.1. The second-order valence-corrected chi connectivity index (χ2v) is 6.78. The molecule has 0 saturated carbocycles. The molecule has 3 nitrogen and oxygen atoms in total. The summed E-state index contributed by atoms with van der Waals surface area (Å²) in [4.78, 5) is 23.1. The van der Waals surface area contributed by atoms with Crippen LogP contribution in [0.4, 0.5) is 0 Å². The predicted molar refractivity (Wildman–Crippen MR) is 96.5 cm³/mol. The van der Waals surface area contributed by atoms with Gasteiger partial charge >= 0.3 is 5.97 Å². The zero-order valence-electron chi connectivity index (χ0n) is 15.7. The molecule has 0 saturated heterocycles. The summed E-state index contributed by atoms with van der Waals surface area (Å²) in [6.07, 6.45) is 14.3. The maximum atomic E-state index is 12.1. The summed E-state index contributed by atoms with van der Waals surface area (Å²) < 4.78 is 5.15. The number of rotatable bonds is 16. The first-order valence-corrected chi connectivity index (χ1v) is 9.75. The van der Waals surface area contributed by atoms with E-state index in [-0.39, 0.29) is 11.9 Å². The first-order valence-electron chi connectivity index (χ1n) is 9.75. The first kappa shape index (κ1) is 22.1. The summed E-state index contributed by atoms with van der Waals surface area (Å²) in [5, 5.41) is 0. The Hall–Kier alpha value is -0.860. The molecule has 0 bridgehead atoms. The normalized spacial score (nSPS) is 12.1. The van der Waals surface area contributed by atoms with E-state index in [4.69, 9.17) is 4.74 Å². The van der Waals surface area contributed by atoms with Gasteiger partial charge in [-0.1, -0.05) is 71.6 Å². The molecule has 1 atom stereocenters. The van der Waals surface area contributed by atoms with Crippen LogP contribution in [0.25, 0.3) is 0 Å². The molecule has 0 aromatic rings. The molecule has 0 radical (unpaired) electrons. The van der Waals surface area contributed by atoms with Crippen molar-refractivity contribution in [1.29, 1.82) is 0 Å². The summed E-state index contributed by atoms with van der Waals surface area (Å²) in [5.74, 6) is 0.309. The molecule has 3 heteroatoms. The molecule has 0 heterocycles. The summed E-state index contributed by atoms with van der Waals surface area (Å²) in [5.41, 5.74) is 0. The Morgan fingerprint density at radius 3 is 1.96 bits per heavy atom. The van der Waals surface area contributed by atoms with Crippen molar-refractivity contribution in [2.24, 2.45) is 5.92 Å². The van der Waals surface area contributed by atoms with Gasteiger partial charge in [0.25, 0.3) is 0 Å². The highest BCUT2D eigenvalue weighted by molar-refractivity contribution is 5.78. The van der Waals surface area contributed by atoms with Crippen molar-refractivity contribution in [3.8, 4) is 0 Å². The van der Waals surface area contributed by atoms with Crippen molar-refractivity contribution in [3.05, 3.63) is 0 Å². The van der Waals surface area contributed by atoms with Gasteiger partial charge in [-0.3, -0.25) is 9.59 Å². The fraction of sp³-hybridized carbons (Fsp3) is 0.900. The Bertz CT molecular complexity index is 299. The molecule has 0 fully saturated rings. The van der Waals surface area contributed by atoms with E-state index in [1.54, 1.807) is 0 Å². The van der Waals surface area contributed by atoms with Crippen molar-refractivity contribution in [2.45, 2.75) is 104 Å². The SMILES string of the molecule is CCCCCCCC(=O)CC(CCCCCCC)COC(C)=O. The molecule has 0 aromatic heterocycles. The number of carbonyl (C=O) groups excluding carboxylic acids is 2. The van der Waals surface area contributed by atoms with Gasteiger partial charge in [-0.25, -0.2) is 0 Å². The molecule has 0 rings (SSSR count). The number of unbranched alkanes of at least 4 members (excludes halogenated alkanes) is 8. The number of carbonyl (C=O) groups is 2. The minimum atomic E-state index is -0.243. The molecule has 136 valence electrons. The molecule has 0 aromatic carbocycles. The Kier molecular flexibility index (Phi) is 15.4. The molecule has 0 N–H and O–H groups in total. The minimum absolute atomic E-state index is 0.212. The third-order valence-corrected chi connectivity index (χ3v) is 4.31. The summed E-state index contributed by atoms with van der Waals surface area (Å²) in [6, 6.07) is 0. The fourth-order valence-corrected chi connectivity index (χ4v) is 2.87. The van der Waals surface area contributed by atoms with Crippen molar-refractivity contribution >= 4 is 11.8 Å². The molecule has 0 aliphatic rings. The molecular weight excluding hydrogens is 288 g/mol. The van der Waals surface area contributed by atoms with E-state index in [0.29, 0.717) is 25.2 Å². The third kappa shape index (κ3) is 15.8. The van der Waals surface area contributed by atoms with Gasteiger partial charge in [-0.05, 0) is 18.8 Å². The van der Waals surface area contributed by atoms with Gasteiger partial charge in [0.1, 0.15) is 5.78 Å². The highest BCUT2D eigenvalue weighted by Crippen LogP contribution is 2.18. The van der Waals surface area contributed by atoms with Gasteiger partial charge in [0.15, 0.2) is 0 Å². The van der Waals surface area contributed by atoms with Gasteiger partial charge in [0.05, 0.1) is 6.61 Å². The molecule has 0 spiro atoms. The number of hydrogen-bond acceptors (Lipinski definition) is 3. The predicted octanol–water partition coefficient (Wildman–Crippen LogP) is 5.85. The zero-order chi connectivity index (χ0) is 17.3. The number of Topliss-reactive ketones (excluding diaryl/α,β-unsaturated/α-hetero) is 1. The van der Waals surface area contributed by atoms with Crippen LogP contribution in [0, 0.1) is 5.92 Å². The Morgan fingerprint density at radius 2 is 1.39 bits per heavy atom. The molecule has 0 aliphatic heterocycles. The Balaban J connectivity index is 3.97. The lowest BCUT2D eigenvalue weighted by atomic mass is 9.94. The van der Waals surface area contributed by atoms with Crippen LogP contribution in [0.15, 0.2) is 0 Å². The highest BCUT2D eigenvalue weighted by atomic mass is 16.5. The third-order valence-electron chi connectivity index (χ3n) is 4.31. The summed E-state index contributed by atoms with van der Waals surface area (Å²) in [6.45, 7) is 6.26. The second kappa shape index (κ2) is 16.0. The molecule has 0 aliphatic carbocycles. The summed E-state index contributed by atoms with van der Waals surface area (Å²) in [7, 11) is 0. The van der Waals surface area contributed by atoms with E-state index >= 15 is 0 Å². The van der Waals surface area contributed by atoms with E-state index in [0.717, 1.165) is 25.7 Å². The van der Waals surface area contributed by atoms with Gasteiger partial charge < -0.3 is 4.74 Å². The number of ether oxygens (including phenoxy) is 1. The van der Waals surface area contributed by atoms with Gasteiger partial charge in [-0.15, -0.1) is 0 Å². The molecule has 0 amide bonds. The second-order valence-electron chi connectivity index (χ2n) is 6.78. The fourth-order valence-electron chi connectivity index (χ4n) is 2.87. The van der Waals surface area contributed by atoms with Crippen LogP contribution in [0.3, 0.4) is 0 Å². The van der Waals surface area contributed by atoms with Crippen LogP contribution in [-0.4, -0.2) is 18.4 Å². The largest absolute Gasteiger partial charge is 0.466 e. The number of esters is 1. The molecule has 1 unspecified atom stereocenters. The summed E-state index contributed by atoms with van der Waals surface area (Å²) >= 11 is 0. The van der Waals surface area contributed by atoms with Gasteiger partial charge in [0, 0.05) is 19.8 Å². The quantitative estimate of drug-likeness (QED) is 0.264. The van der Waals surface area contributed by atoms with E-state index in [2.05, 4.69) is 13.8 Å². The van der Waals surface area contributed by atoms with E-state index in [1.807, 2.05) is 0 Å². The van der Waals surface area contributed by atoms with Crippen LogP contribution in [0.2, 0.25) is 0 Å². The van der Waals surface area contributed by atoms with Crippen molar-refractivity contribution < 1.29 is 14.3 Å². The van der Waals surface area contributed by atoms with Crippen LogP contribution >= 0.6 is 0 Å². The maximum Gasteiger partial charge on any atom is 0.302 e. The monoisotopic (exact) mass is 326 g/mol. The number of ketones is 1. The van der Waals surface area contributed by atoms with Crippen LogP contribution in [0.1, 0.15) is 104 Å². The van der Waals surface area contributed by atoms with Crippen LogP contribution in [0.5, 0.6) is 0 Å². The van der Waals surface area contributed by atoms with Crippen molar-refractivity contribution in [1.82, 2.24) is 0 Å². The standard InChI is InChI=1S/C20H38O3/c1-4-6-8-10-12-14-19(17-23-18(3)21)16-20(22)15-13-11-9-7-5-2/h19H,4-17H2,1-3H3. The first-order chi connectivity index (χ1) is 11.1. The van der Waals surface area contributed by atoms with E-state index in [9.17, 15) is 9.59 Å². The Labute approximate surface area is 143 Å². The zero-order valence-corrected chi connectivity index (χ0v) is 15.7. The smallest absolute Gasteiger partial charge is 0.302 e. The molecular formula is C20H38O3. The number of hydrogen-bond donors (Lipinski definition) is 0. The lowest BCUT2D eigenvalue weighted by Gasteiger charge is -2.16. The van der Waals surface area contributed by atoms with E-state index in [1.165, 1.54) is 51.9 Å². The van der Waals surface area contributed by atoms with Crippen LogP contribution < -0.4 is 0 Å². The van der Waals surface area contributed by atoms with Gasteiger partial charge in [0.2, 0.25) is 0 Å². The average molecular weight is 327 g/mol. The Morgan fingerprint density at radius 1 is 0.826 bits per heavy atom. The highest BCUT2D eigenvalue weighted by Gasteiger charge is 2.15. The topological polar surface area (TPSA) is 43.4 Å². The van der Waals surface area contributed by atoms with Gasteiger partial charge in [-0.2, -0.15) is 0 Å². The lowest BCUT2D eigenvalue weighted by Crippen LogP contribution is -2.16.